The van der Waals surface area contributed by atoms with Crippen LogP contribution in [0.3, 0.4) is 0 Å². The molecule has 0 saturated carbocycles. The van der Waals surface area contributed by atoms with Gasteiger partial charge in [0.05, 0.1) is 51.0 Å². The van der Waals surface area contributed by atoms with E-state index in [4.69, 9.17) is 34.0 Å². The van der Waals surface area contributed by atoms with Crippen molar-refractivity contribution in [2.24, 2.45) is 5.73 Å². The molecule has 0 aliphatic heterocycles. The van der Waals surface area contributed by atoms with Crippen LogP contribution in [0.1, 0.15) is 70.1 Å². The lowest BCUT2D eigenvalue weighted by Gasteiger charge is -2.20. The molecule has 5 atom stereocenters. The van der Waals surface area contributed by atoms with Gasteiger partial charge in [-0.25, -0.2) is 81.9 Å². The molecule has 14 aromatic rings. The Morgan fingerprint density at radius 1 is 0.500 bits per heavy atom. The number of benzene rings is 8. The number of amides is 1. The summed E-state index contributed by atoms with van der Waals surface area (Å²) in [6.45, 7) is 13.8. The van der Waals surface area contributed by atoms with E-state index >= 15 is 0 Å². The smallest absolute Gasteiger partial charge is 0.471 e. The maximum absolute atomic E-state index is 13.4. The molecule has 8 N–H and O–H groups in total. The molecular formula is C82H69ClF9N22O10S4-. The van der Waals surface area contributed by atoms with Crippen LogP contribution in [0.25, 0.3) is 32.5 Å². The molecule has 5 unspecified atom stereocenters. The lowest BCUT2D eigenvalue weighted by atomic mass is 9.95. The molecule has 6 heterocycles. The molecule has 8 aromatic carbocycles. The van der Waals surface area contributed by atoms with Crippen LogP contribution in [-0.2, 0) is 57.8 Å². The van der Waals surface area contributed by atoms with Crippen molar-refractivity contribution in [2.45, 2.75) is 68.9 Å². The number of aromatic nitrogens is 14. The summed E-state index contributed by atoms with van der Waals surface area (Å²) < 4.78 is 217. The second kappa shape index (κ2) is 47.8. The van der Waals surface area contributed by atoms with Crippen molar-refractivity contribution < 1.29 is 82.7 Å². The summed E-state index contributed by atoms with van der Waals surface area (Å²) in [5, 5.41) is 28.2. The number of nitrogens with one attached hydrogen (secondary N) is 6. The number of alkyl halides is 5. The van der Waals surface area contributed by atoms with Crippen molar-refractivity contribution in [1.82, 2.24) is 85.5 Å². The molecule has 0 spiro atoms. The fourth-order valence-corrected chi connectivity index (χ4v) is 14.1. The number of nitrogens with zero attached hydrogens (tertiary/aromatic N) is 15. The number of aromatic amines is 1. The van der Waals surface area contributed by atoms with Gasteiger partial charge in [-0.1, -0.05) is 121 Å². The van der Waals surface area contributed by atoms with Crippen LogP contribution in [0.15, 0.2) is 292 Å². The Kier molecular flexibility index (Phi) is 36.5. The Morgan fingerprint density at radius 2 is 0.883 bits per heavy atom. The molecule has 32 nitrogen and oxygen atoms in total. The number of hydrogen-bond donors (Lipinski definition) is 7. The summed E-state index contributed by atoms with van der Waals surface area (Å²) in [7, 11) is -5.98. The molecule has 0 radical (unpaired) electrons. The van der Waals surface area contributed by atoms with Crippen LogP contribution in [0.5, 0.6) is 0 Å². The Hall–Kier alpha value is -14.2. The van der Waals surface area contributed by atoms with Crippen molar-refractivity contribution in [2.75, 3.05) is 36.8 Å². The monoisotopic (exact) mass is 1860 g/mol. The molecule has 0 saturated heterocycles. The minimum absolute atomic E-state index is 0.0937. The van der Waals surface area contributed by atoms with Gasteiger partial charge < -0.3 is 30.7 Å². The number of carbonyl (C=O) groups excluding carboxylic acids is 1. The van der Waals surface area contributed by atoms with E-state index in [1.165, 1.54) is 146 Å². The highest BCUT2D eigenvalue weighted by atomic mass is 35.7. The predicted molar refractivity (Wildman–Crippen MR) is 448 cm³/mol. The quantitative estimate of drug-likeness (QED) is 0.0104. The van der Waals surface area contributed by atoms with E-state index in [0.29, 0.717) is 63.7 Å². The van der Waals surface area contributed by atoms with E-state index in [-0.39, 0.29) is 87.4 Å². The standard InChI is InChI=1S/C21H17F3N6O3S.C20H17FN4O2S.C16H12F4N4O.C13H13FN8.C6H5ClO2S.C6H6O2S/c22-15-8-6-13(7-9-15)17(12-27-34(31,32)16-4-2-1-3-5-16)28-21-25-10-14(11-26-21)19-29-30-20(33-19)18(23)24;1-22-18-13-23-20(24-14-18)11-16(15-7-9-17(21)10-8-15)12-25-28(26,27)19-5-3-2-4-6-19;1-21-13-8-22-14(23-9-13)6-11(7-24-15(25)16(18,19)20)10-2-4-12(17)5-3-10;14-10-3-1-8(2-4-10)11(5-15)18-13-16-6-9(7-17-13)12-19-21-22-20-12;7-10(8,9)6-4-2-1-3-5-6;7-9(8)6-4-2-1-3-5-6/h1-11,17-18,27H,12H2,(H,25,26,28);2-10,13-14,16,25H,11-12H2;2-5,8-9,11H,6-7H2,(H,24,25);1-4,6-7,11H,5,15H2,(H,16,17,18)(H,19,20,21,22);1-5H;1-5H,(H,7,8)/p-1. The summed E-state index contributed by atoms with van der Waals surface area (Å²) >= 11 is -2.08. The Labute approximate surface area is 732 Å². The average Bonchev–Trinajstić information content (AvgIpc) is 1.07. The summed E-state index contributed by atoms with van der Waals surface area (Å²) in [6.07, 6.45) is 3.73. The summed E-state index contributed by atoms with van der Waals surface area (Å²) in [5.41, 5.74) is 9.89. The molecule has 6 aromatic heterocycles. The van der Waals surface area contributed by atoms with E-state index < -0.39 is 88.2 Å². The van der Waals surface area contributed by atoms with Crippen molar-refractivity contribution >= 4 is 80.0 Å². The summed E-state index contributed by atoms with van der Waals surface area (Å²) in [4.78, 5) is 51.0. The fraction of sp³-hybridized carbons (Fsp3) is 0.146. The maximum atomic E-state index is 13.4. The average molecular weight is 1860 g/mol. The molecular weight excluding hydrogens is 1790 g/mol. The zero-order valence-electron chi connectivity index (χ0n) is 65.8. The van der Waals surface area contributed by atoms with Crippen LogP contribution in [0.4, 0.5) is 62.8 Å². The third-order valence-corrected chi connectivity index (χ3v) is 22.1. The highest BCUT2D eigenvalue weighted by Crippen LogP contribution is 2.28. The number of nitrogens with two attached hydrogens (primary N) is 1. The number of halogens is 10. The molecule has 14 rings (SSSR count). The number of H-pyrrole nitrogens is 1. The first-order chi connectivity index (χ1) is 61.2. The number of sulfonamides is 2. The number of anilines is 2. The third-order valence-electron chi connectivity index (χ3n) is 17.2. The van der Waals surface area contributed by atoms with Gasteiger partial charge in [0.15, 0.2) is 0 Å². The van der Waals surface area contributed by atoms with Crippen LogP contribution < -0.4 is 31.1 Å². The number of tetrazole rings is 1. The van der Waals surface area contributed by atoms with Crippen LogP contribution in [0.2, 0.25) is 0 Å². The number of rotatable bonds is 28. The zero-order valence-corrected chi connectivity index (χ0v) is 69.8. The molecule has 662 valence electrons. The normalized spacial score (nSPS) is 12.3. The van der Waals surface area contributed by atoms with Crippen molar-refractivity contribution in [3.63, 3.8) is 0 Å². The van der Waals surface area contributed by atoms with Gasteiger partial charge in [-0.2, -0.15) is 27.2 Å². The van der Waals surface area contributed by atoms with E-state index in [0.717, 1.165) is 11.1 Å². The Balaban J connectivity index is 0.000000181. The second-order valence-electron chi connectivity index (χ2n) is 26.0. The minimum atomic E-state index is -4.98. The highest BCUT2D eigenvalue weighted by Gasteiger charge is 2.39. The first kappa shape index (κ1) is 97.6. The lowest BCUT2D eigenvalue weighted by Crippen LogP contribution is -2.39. The molecule has 1 amide bonds. The zero-order chi connectivity index (χ0) is 92.2. The van der Waals surface area contributed by atoms with Gasteiger partial charge in [-0.05, 0) is 136 Å². The molecule has 0 aliphatic carbocycles. The SMILES string of the molecule is NCC(Nc1ncc(-c2nn[nH]n2)cn1)c1ccc(F)cc1.O=S(=O)(Cl)c1ccccc1.O=S(=O)(NCC(Nc1ncc(-c2nnc(C(F)F)o2)cn1)c1ccc(F)cc1)c1ccccc1.O=S([O-])c1ccccc1.[C-]#[N+]c1cnc(CC(CNC(=O)C(F)(F)F)c2ccc(F)cc2)nc1.[C-]#[N+]c1cnc(CC(CNS(=O)(=O)c2ccccc2)c2ccc(F)cc2)nc1. The van der Waals surface area contributed by atoms with Crippen LogP contribution in [-0.4, -0.2) is 143 Å². The first-order valence-corrected chi connectivity index (χ1v) is 43.3. The van der Waals surface area contributed by atoms with Gasteiger partial charge in [0.25, 0.3) is 20.8 Å². The third kappa shape index (κ3) is 31.5. The summed E-state index contributed by atoms with van der Waals surface area (Å²) in [6, 6.07) is 53.8. The molecule has 0 fully saturated rings. The van der Waals surface area contributed by atoms with Gasteiger partial charge in [-0.15, -0.1) is 20.4 Å². The summed E-state index contributed by atoms with van der Waals surface area (Å²) in [5.74, 6) is -3.85. The van der Waals surface area contributed by atoms with Gasteiger partial charge >= 0.3 is 18.5 Å². The molecule has 0 bridgehead atoms. The Morgan fingerprint density at radius 3 is 1.24 bits per heavy atom. The maximum Gasteiger partial charge on any atom is 0.471 e. The van der Waals surface area contributed by atoms with E-state index in [1.807, 2.05) is 5.32 Å². The lowest BCUT2D eigenvalue weighted by molar-refractivity contribution is -0.173. The van der Waals surface area contributed by atoms with E-state index in [1.54, 1.807) is 122 Å². The number of hydrogen-bond acceptors (Lipinski definition) is 26. The largest absolute Gasteiger partial charge is 0.768 e. The second-order valence-corrected chi connectivity index (χ2v) is 33.0. The molecule has 46 heteroatoms. The topological polar surface area (TPSA) is 451 Å². The highest BCUT2D eigenvalue weighted by molar-refractivity contribution is 8.13. The van der Waals surface area contributed by atoms with Gasteiger partial charge in [0, 0.05) is 116 Å². The van der Waals surface area contributed by atoms with Crippen LogP contribution >= 0.6 is 10.7 Å². The minimum Gasteiger partial charge on any atom is -0.768 e. The van der Waals surface area contributed by atoms with Gasteiger partial charge in [0.2, 0.25) is 49.1 Å². The molecule has 0 aliphatic rings. The number of carbonyl (C=O) groups is 1. The van der Waals surface area contributed by atoms with Crippen LogP contribution in [0, 0.1) is 36.4 Å². The van der Waals surface area contributed by atoms with Crippen molar-refractivity contribution in [1.29, 1.82) is 0 Å². The predicted octanol–water partition coefficient (Wildman–Crippen LogP) is 13.8. The van der Waals surface area contributed by atoms with Gasteiger partial charge in [0.1, 0.15) is 34.9 Å². The fourth-order valence-electron chi connectivity index (χ4n) is 10.7. The van der Waals surface area contributed by atoms with Crippen molar-refractivity contribution in [3.05, 3.63) is 354 Å². The first-order valence-electron chi connectivity index (χ1n) is 37.0. The van der Waals surface area contributed by atoms with E-state index in [9.17, 15) is 78.3 Å². The van der Waals surface area contributed by atoms with E-state index in [2.05, 4.69) is 100 Å². The van der Waals surface area contributed by atoms with Gasteiger partial charge in [-0.3, -0.25) is 28.9 Å². The van der Waals surface area contributed by atoms with Crippen molar-refractivity contribution in [3.8, 4) is 22.8 Å². The Bertz CT molecular complexity index is 6290. The molecule has 128 heavy (non-hydrogen) atoms.